The number of hydrogen-bond acceptors (Lipinski definition) is 3. The summed E-state index contributed by atoms with van der Waals surface area (Å²) in [6, 6.07) is 7.87. The van der Waals surface area contributed by atoms with E-state index in [0.29, 0.717) is 16.7 Å². The first-order valence-corrected chi connectivity index (χ1v) is 6.64. The summed E-state index contributed by atoms with van der Waals surface area (Å²) in [4.78, 5) is 0. The van der Waals surface area contributed by atoms with Crippen molar-refractivity contribution in [3.05, 3.63) is 44.6 Å². The van der Waals surface area contributed by atoms with Crippen molar-refractivity contribution < 1.29 is 5.11 Å². The van der Waals surface area contributed by atoms with Crippen LogP contribution in [0.4, 0.5) is 0 Å². The molecular formula is C11H11Br2N3O. The standard InChI is InChI=1S/C11H11Br2N3O/c1-16-10(11(13)14-15-16)9(17)6-7-2-4-8(12)5-3-7/h2-5,9,17H,6H2,1H3. The summed E-state index contributed by atoms with van der Waals surface area (Å²) in [5, 5.41) is 17.9. The Morgan fingerprint density at radius 3 is 2.47 bits per heavy atom. The van der Waals surface area contributed by atoms with Gasteiger partial charge in [0.1, 0.15) is 11.8 Å². The van der Waals surface area contributed by atoms with E-state index in [9.17, 15) is 5.11 Å². The van der Waals surface area contributed by atoms with Crippen LogP contribution in [0.25, 0.3) is 0 Å². The molecule has 6 heteroatoms. The Morgan fingerprint density at radius 2 is 1.94 bits per heavy atom. The Balaban J connectivity index is 2.17. The number of halogens is 2. The summed E-state index contributed by atoms with van der Waals surface area (Å²) in [6.45, 7) is 0. The number of aromatic nitrogens is 3. The van der Waals surface area contributed by atoms with Gasteiger partial charge in [0, 0.05) is 17.9 Å². The molecule has 1 heterocycles. The van der Waals surface area contributed by atoms with Gasteiger partial charge in [0.05, 0.1) is 0 Å². The maximum atomic E-state index is 10.2. The lowest BCUT2D eigenvalue weighted by molar-refractivity contribution is 0.168. The van der Waals surface area contributed by atoms with Gasteiger partial charge in [-0.25, -0.2) is 4.68 Å². The van der Waals surface area contributed by atoms with E-state index in [1.54, 1.807) is 11.7 Å². The molecule has 0 fully saturated rings. The molecule has 0 saturated carbocycles. The number of aliphatic hydroxyl groups is 1. The largest absolute Gasteiger partial charge is 0.386 e. The monoisotopic (exact) mass is 359 g/mol. The molecule has 0 spiro atoms. The first-order chi connectivity index (χ1) is 8.08. The molecule has 0 saturated heterocycles. The van der Waals surface area contributed by atoms with E-state index in [1.807, 2.05) is 24.3 Å². The van der Waals surface area contributed by atoms with Gasteiger partial charge < -0.3 is 5.11 Å². The molecular weight excluding hydrogens is 350 g/mol. The third-order valence-electron chi connectivity index (χ3n) is 2.48. The van der Waals surface area contributed by atoms with Gasteiger partial charge in [-0.2, -0.15) is 0 Å². The zero-order chi connectivity index (χ0) is 12.4. The highest BCUT2D eigenvalue weighted by atomic mass is 79.9. The fourth-order valence-corrected chi connectivity index (χ4v) is 2.49. The van der Waals surface area contributed by atoms with E-state index >= 15 is 0 Å². The SMILES string of the molecule is Cn1nnc(Br)c1C(O)Cc1ccc(Br)cc1. The van der Waals surface area contributed by atoms with Crippen molar-refractivity contribution in [2.45, 2.75) is 12.5 Å². The van der Waals surface area contributed by atoms with Gasteiger partial charge in [-0.15, -0.1) is 5.10 Å². The summed E-state index contributed by atoms with van der Waals surface area (Å²) in [7, 11) is 1.76. The quantitative estimate of drug-likeness (QED) is 0.915. The zero-order valence-corrected chi connectivity index (χ0v) is 12.3. The fraction of sp³-hybridized carbons (Fsp3) is 0.273. The number of nitrogens with zero attached hydrogens (tertiary/aromatic N) is 3. The smallest absolute Gasteiger partial charge is 0.154 e. The van der Waals surface area contributed by atoms with Crippen LogP contribution < -0.4 is 0 Å². The van der Waals surface area contributed by atoms with Crippen LogP contribution in [0.2, 0.25) is 0 Å². The van der Waals surface area contributed by atoms with E-state index in [4.69, 9.17) is 0 Å². The minimum Gasteiger partial charge on any atom is -0.386 e. The van der Waals surface area contributed by atoms with Gasteiger partial charge in [-0.3, -0.25) is 0 Å². The third-order valence-corrected chi connectivity index (χ3v) is 3.58. The fourth-order valence-electron chi connectivity index (χ4n) is 1.63. The van der Waals surface area contributed by atoms with Gasteiger partial charge in [0.2, 0.25) is 0 Å². The molecule has 0 bridgehead atoms. The van der Waals surface area contributed by atoms with Crippen LogP contribution in [0, 0.1) is 0 Å². The van der Waals surface area contributed by atoms with E-state index in [-0.39, 0.29) is 0 Å². The number of benzene rings is 1. The lowest BCUT2D eigenvalue weighted by Crippen LogP contribution is -2.08. The Kier molecular flexibility index (Phi) is 3.96. The normalized spacial score (nSPS) is 12.7. The minimum absolute atomic E-state index is 0.535. The molecule has 17 heavy (non-hydrogen) atoms. The van der Waals surface area contributed by atoms with E-state index in [2.05, 4.69) is 42.2 Å². The highest BCUT2D eigenvalue weighted by molar-refractivity contribution is 9.10. The lowest BCUT2D eigenvalue weighted by atomic mass is 10.1. The molecule has 2 aromatic rings. The predicted octanol–water partition coefficient (Wildman–Crippen LogP) is 2.62. The average molecular weight is 361 g/mol. The Bertz CT molecular complexity index is 490. The van der Waals surface area contributed by atoms with Crippen LogP contribution in [0.15, 0.2) is 33.3 Å². The summed E-state index contributed by atoms with van der Waals surface area (Å²) in [6.07, 6.45) is -0.0850. The summed E-state index contributed by atoms with van der Waals surface area (Å²) in [5.41, 5.74) is 1.75. The Labute approximate surface area is 116 Å². The van der Waals surface area contributed by atoms with E-state index in [0.717, 1.165) is 10.0 Å². The van der Waals surface area contributed by atoms with Crippen molar-refractivity contribution in [2.75, 3.05) is 0 Å². The molecule has 0 aliphatic heterocycles. The Hall–Kier alpha value is -0.720. The highest BCUT2D eigenvalue weighted by Gasteiger charge is 2.17. The topological polar surface area (TPSA) is 50.9 Å². The van der Waals surface area contributed by atoms with Crippen molar-refractivity contribution in [2.24, 2.45) is 7.05 Å². The molecule has 1 aromatic carbocycles. The summed E-state index contributed by atoms with van der Waals surface area (Å²) in [5.74, 6) is 0. The van der Waals surface area contributed by atoms with Crippen LogP contribution in [0.3, 0.4) is 0 Å². The highest BCUT2D eigenvalue weighted by Crippen LogP contribution is 2.24. The average Bonchev–Trinajstić information content (AvgIpc) is 2.62. The van der Waals surface area contributed by atoms with Crippen molar-refractivity contribution in [1.29, 1.82) is 0 Å². The second kappa shape index (κ2) is 5.29. The van der Waals surface area contributed by atoms with Crippen molar-refractivity contribution >= 4 is 31.9 Å². The zero-order valence-electron chi connectivity index (χ0n) is 9.14. The molecule has 1 unspecified atom stereocenters. The second-order valence-electron chi connectivity index (χ2n) is 3.74. The molecule has 0 aliphatic rings. The van der Waals surface area contributed by atoms with Gasteiger partial charge in [0.15, 0.2) is 4.60 Å². The van der Waals surface area contributed by atoms with Crippen LogP contribution in [0.1, 0.15) is 17.4 Å². The van der Waals surface area contributed by atoms with Crippen molar-refractivity contribution in [3.8, 4) is 0 Å². The molecule has 0 aliphatic carbocycles. The molecule has 90 valence electrons. The molecule has 1 atom stereocenters. The van der Waals surface area contributed by atoms with Crippen LogP contribution in [-0.4, -0.2) is 20.1 Å². The number of aryl methyl sites for hydroxylation is 1. The van der Waals surface area contributed by atoms with Crippen LogP contribution >= 0.6 is 31.9 Å². The molecule has 2 rings (SSSR count). The first-order valence-electron chi connectivity index (χ1n) is 5.05. The van der Waals surface area contributed by atoms with Crippen LogP contribution in [0.5, 0.6) is 0 Å². The molecule has 1 aromatic heterocycles. The van der Waals surface area contributed by atoms with Crippen molar-refractivity contribution in [1.82, 2.24) is 15.0 Å². The van der Waals surface area contributed by atoms with E-state index < -0.39 is 6.10 Å². The maximum Gasteiger partial charge on any atom is 0.154 e. The van der Waals surface area contributed by atoms with E-state index in [1.165, 1.54) is 0 Å². The molecule has 0 amide bonds. The number of rotatable bonds is 3. The van der Waals surface area contributed by atoms with Crippen LogP contribution in [-0.2, 0) is 13.5 Å². The summed E-state index contributed by atoms with van der Waals surface area (Å²) >= 11 is 6.66. The second-order valence-corrected chi connectivity index (χ2v) is 5.40. The maximum absolute atomic E-state index is 10.2. The lowest BCUT2D eigenvalue weighted by Gasteiger charge is -2.11. The van der Waals surface area contributed by atoms with Gasteiger partial charge in [-0.05, 0) is 33.6 Å². The van der Waals surface area contributed by atoms with Gasteiger partial charge in [-0.1, -0.05) is 33.3 Å². The third kappa shape index (κ3) is 2.94. The number of aliphatic hydroxyl groups excluding tert-OH is 1. The van der Waals surface area contributed by atoms with Gasteiger partial charge >= 0.3 is 0 Å². The summed E-state index contributed by atoms with van der Waals surface area (Å²) < 4.78 is 3.19. The predicted molar refractivity (Wildman–Crippen MR) is 71.5 cm³/mol. The molecule has 1 N–H and O–H groups in total. The first kappa shape index (κ1) is 12.7. The molecule has 0 radical (unpaired) electrons. The number of hydrogen-bond donors (Lipinski definition) is 1. The van der Waals surface area contributed by atoms with Crippen molar-refractivity contribution in [3.63, 3.8) is 0 Å². The Morgan fingerprint density at radius 1 is 1.29 bits per heavy atom. The molecule has 4 nitrogen and oxygen atoms in total. The van der Waals surface area contributed by atoms with Gasteiger partial charge in [0.25, 0.3) is 0 Å². The minimum atomic E-state index is -0.620.